The number of rotatable bonds is 4. The number of benzene rings is 2. The van der Waals surface area contributed by atoms with Crippen molar-refractivity contribution in [3.8, 4) is 0 Å². The normalized spacial score (nSPS) is 10.4. The van der Waals surface area contributed by atoms with Gasteiger partial charge < -0.3 is 5.73 Å². The molecule has 0 radical (unpaired) electrons. The second-order valence-electron chi connectivity index (χ2n) is 3.97. The highest BCUT2D eigenvalue weighted by atomic mass is 35.5. The molecule has 0 aliphatic rings. The Bertz CT molecular complexity index is 597. The number of amidine groups is 1. The molecular formula is C14H12Cl2N2S. The molecule has 5 heteroatoms. The van der Waals surface area contributed by atoms with Gasteiger partial charge in [0, 0.05) is 21.2 Å². The third-order valence-electron chi connectivity index (χ3n) is 2.55. The van der Waals surface area contributed by atoms with Crippen LogP contribution in [-0.2, 0) is 5.75 Å². The number of hydrogen-bond donors (Lipinski definition) is 2. The van der Waals surface area contributed by atoms with Crippen molar-refractivity contribution in [2.24, 2.45) is 5.73 Å². The van der Waals surface area contributed by atoms with Gasteiger partial charge in [0.05, 0.1) is 5.02 Å². The Morgan fingerprint density at radius 2 is 1.79 bits per heavy atom. The molecular weight excluding hydrogens is 299 g/mol. The highest BCUT2D eigenvalue weighted by Gasteiger charge is 2.05. The van der Waals surface area contributed by atoms with Gasteiger partial charge in [-0.15, -0.1) is 11.8 Å². The summed E-state index contributed by atoms with van der Waals surface area (Å²) in [5.41, 5.74) is 7.19. The summed E-state index contributed by atoms with van der Waals surface area (Å²) in [5, 5.41) is 8.62. The fourth-order valence-electron chi connectivity index (χ4n) is 1.55. The summed E-state index contributed by atoms with van der Waals surface area (Å²) in [6.07, 6.45) is 0. The molecule has 2 rings (SSSR count). The molecule has 0 aliphatic carbocycles. The van der Waals surface area contributed by atoms with Gasteiger partial charge in [-0.2, -0.15) is 0 Å². The highest BCUT2D eigenvalue weighted by molar-refractivity contribution is 7.98. The van der Waals surface area contributed by atoms with E-state index >= 15 is 0 Å². The van der Waals surface area contributed by atoms with Crippen LogP contribution in [0, 0.1) is 5.41 Å². The monoisotopic (exact) mass is 310 g/mol. The van der Waals surface area contributed by atoms with Crippen molar-refractivity contribution in [2.75, 3.05) is 0 Å². The summed E-state index contributed by atoms with van der Waals surface area (Å²) in [5.74, 6) is 0.826. The zero-order valence-electron chi connectivity index (χ0n) is 9.99. The Morgan fingerprint density at radius 1 is 1.11 bits per heavy atom. The minimum Gasteiger partial charge on any atom is -0.384 e. The number of thioether (sulfide) groups is 1. The molecule has 0 unspecified atom stereocenters. The van der Waals surface area contributed by atoms with Crippen molar-refractivity contribution in [3.63, 3.8) is 0 Å². The quantitative estimate of drug-likeness (QED) is 0.494. The fraction of sp³-hybridized carbons (Fsp3) is 0.0714. The minimum absolute atomic E-state index is 0.0146. The smallest absolute Gasteiger partial charge is 0.124 e. The summed E-state index contributed by atoms with van der Waals surface area (Å²) in [6.45, 7) is 0. The molecule has 0 amide bonds. The summed E-state index contributed by atoms with van der Waals surface area (Å²) < 4.78 is 0. The molecule has 0 fully saturated rings. The van der Waals surface area contributed by atoms with Crippen molar-refractivity contribution in [2.45, 2.75) is 10.6 Å². The Morgan fingerprint density at radius 3 is 2.37 bits per heavy atom. The first-order valence-electron chi connectivity index (χ1n) is 5.57. The summed E-state index contributed by atoms with van der Waals surface area (Å²) in [6, 6.07) is 13.3. The van der Waals surface area contributed by atoms with Crippen LogP contribution < -0.4 is 5.73 Å². The first-order chi connectivity index (χ1) is 9.06. The molecule has 98 valence electrons. The molecule has 0 saturated heterocycles. The number of nitrogens with two attached hydrogens (primary N) is 1. The van der Waals surface area contributed by atoms with Gasteiger partial charge in [0.15, 0.2) is 0 Å². The molecule has 2 nitrogen and oxygen atoms in total. The number of nitrogen functional groups attached to an aromatic ring is 1. The summed E-state index contributed by atoms with van der Waals surface area (Å²) in [7, 11) is 0. The molecule has 0 bridgehead atoms. The lowest BCUT2D eigenvalue weighted by Crippen LogP contribution is -2.11. The van der Waals surface area contributed by atoms with Gasteiger partial charge in [0.25, 0.3) is 0 Å². The van der Waals surface area contributed by atoms with E-state index in [4.69, 9.17) is 34.3 Å². The van der Waals surface area contributed by atoms with Crippen LogP contribution in [0.5, 0.6) is 0 Å². The lowest BCUT2D eigenvalue weighted by atomic mass is 10.2. The third kappa shape index (κ3) is 3.90. The van der Waals surface area contributed by atoms with E-state index in [2.05, 4.69) is 0 Å². The predicted octanol–water partition coefficient (Wildman–Crippen LogP) is 4.57. The Labute approximate surface area is 126 Å². The van der Waals surface area contributed by atoms with Crippen molar-refractivity contribution < 1.29 is 0 Å². The predicted molar refractivity (Wildman–Crippen MR) is 83.5 cm³/mol. The van der Waals surface area contributed by atoms with Crippen LogP contribution in [-0.4, -0.2) is 5.84 Å². The van der Waals surface area contributed by atoms with Gasteiger partial charge in [-0.05, 0) is 35.9 Å². The lowest BCUT2D eigenvalue weighted by Gasteiger charge is -2.06. The van der Waals surface area contributed by atoms with E-state index < -0.39 is 0 Å². The lowest BCUT2D eigenvalue weighted by molar-refractivity contribution is 1.36. The minimum atomic E-state index is -0.0146. The van der Waals surface area contributed by atoms with Crippen molar-refractivity contribution >= 4 is 40.8 Å². The van der Waals surface area contributed by atoms with Crippen molar-refractivity contribution in [3.05, 3.63) is 63.6 Å². The van der Waals surface area contributed by atoms with E-state index in [9.17, 15) is 0 Å². The zero-order valence-corrected chi connectivity index (χ0v) is 12.3. The number of nitrogens with one attached hydrogen (secondary N) is 1. The molecule has 0 spiro atoms. The summed E-state index contributed by atoms with van der Waals surface area (Å²) in [4.78, 5) is 1.05. The van der Waals surface area contributed by atoms with Gasteiger partial charge in [0.2, 0.25) is 0 Å². The van der Waals surface area contributed by atoms with Crippen molar-refractivity contribution in [1.82, 2.24) is 0 Å². The molecule has 19 heavy (non-hydrogen) atoms. The Kier molecular flexibility index (Phi) is 4.75. The maximum Gasteiger partial charge on any atom is 0.124 e. The SMILES string of the molecule is N=C(N)c1ccc(SCc2ccc(Cl)cc2)cc1Cl. The van der Waals surface area contributed by atoms with Crippen molar-refractivity contribution in [1.29, 1.82) is 5.41 Å². The maximum atomic E-state index is 7.38. The van der Waals surface area contributed by atoms with Gasteiger partial charge in [-0.3, -0.25) is 5.41 Å². The van der Waals surface area contributed by atoms with Gasteiger partial charge in [-0.1, -0.05) is 35.3 Å². The first-order valence-corrected chi connectivity index (χ1v) is 7.31. The maximum absolute atomic E-state index is 7.38. The molecule has 3 N–H and O–H groups in total. The average molecular weight is 311 g/mol. The second kappa shape index (κ2) is 6.33. The highest BCUT2D eigenvalue weighted by Crippen LogP contribution is 2.27. The van der Waals surface area contributed by atoms with E-state index in [0.29, 0.717) is 10.6 Å². The standard InChI is InChI=1S/C14H12Cl2N2S/c15-10-3-1-9(2-4-10)8-19-11-5-6-12(14(17)18)13(16)7-11/h1-7H,8H2,(H3,17,18). The average Bonchev–Trinajstić information content (AvgIpc) is 2.37. The van der Waals surface area contributed by atoms with Crippen LogP contribution in [0.4, 0.5) is 0 Å². The molecule has 0 saturated carbocycles. The summed E-state index contributed by atoms with van der Waals surface area (Å²) >= 11 is 13.6. The largest absolute Gasteiger partial charge is 0.384 e. The molecule has 2 aromatic carbocycles. The Balaban J connectivity index is 2.06. The van der Waals surface area contributed by atoms with Crippen LogP contribution in [0.3, 0.4) is 0 Å². The van der Waals surface area contributed by atoms with Crippen LogP contribution >= 0.6 is 35.0 Å². The van der Waals surface area contributed by atoms with Gasteiger partial charge in [0.1, 0.15) is 5.84 Å². The van der Waals surface area contributed by atoms with E-state index in [-0.39, 0.29) is 5.84 Å². The molecule has 0 atom stereocenters. The van der Waals surface area contributed by atoms with Gasteiger partial charge in [-0.25, -0.2) is 0 Å². The second-order valence-corrected chi connectivity index (χ2v) is 5.86. The third-order valence-corrected chi connectivity index (χ3v) is 4.18. The number of halogens is 2. The fourth-order valence-corrected chi connectivity index (χ4v) is 2.92. The van der Waals surface area contributed by atoms with E-state index in [1.165, 1.54) is 5.56 Å². The number of hydrogen-bond acceptors (Lipinski definition) is 2. The molecule has 0 aliphatic heterocycles. The Hall–Kier alpha value is -1.16. The molecule has 0 heterocycles. The van der Waals surface area contributed by atoms with Crippen LogP contribution in [0.15, 0.2) is 47.4 Å². The van der Waals surface area contributed by atoms with E-state index in [0.717, 1.165) is 15.7 Å². The van der Waals surface area contributed by atoms with Crippen LogP contribution in [0.1, 0.15) is 11.1 Å². The topological polar surface area (TPSA) is 49.9 Å². The van der Waals surface area contributed by atoms with Gasteiger partial charge >= 0.3 is 0 Å². The molecule has 2 aromatic rings. The van der Waals surface area contributed by atoms with Crippen LogP contribution in [0.2, 0.25) is 10.0 Å². The zero-order chi connectivity index (χ0) is 13.8. The van der Waals surface area contributed by atoms with E-state index in [1.807, 2.05) is 36.4 Å². The molecule has 0 aromatic heterocycles. The first kappa shape index (κ1) is 14.3. The van der Waals surface area contributed by atoms with Crippen LogP contribution in [0.25, 0.3) is 0 Å². The van der Waals surface area contributed by atoms with E-state index in [1.54, 1.807) is 17.8 Å².